The molecule has 33 heavy (non-hydrogen) atoms. The van der Waals surface area contributed by atoms with Gasteiger partial charge in [-0.25, -0.2) is 31.5 Å². The molecule has 3 aromatic rings. The summed E-state index contributed by atoms with van der Waals surface area (Å²) in [4.78, 5) is 20.4. The Labute approximate surface area is 192 Å². The van der Waals surface area contributed by atoms with Crippen molar-refractivity contribution in [1.29, 1.82) is 0 Å². The van der Waals surface area contributed by atoms with Crippen LogP contribution in [0.2, 0.25) is 0 Å². The number of nitrogens with zero attached hydrogens (tertiary/aromatic N) is 3. The predicted octanol–water partition coefficient (Wildman–Crippen LogP) is 2.62. The van der Waals surface area contributed by atoms with Crippen LogP contribution in [0.3, 0.4) is 0 Å². The van der Waals surface area contributed by atoms with Crippen molar-refractivity contribution in [1.82, 2.24) is 9.97 Å². The Hall–Kier alpha value is -3.51. The lowest BCUT2D eigenvalue weighted by Crippen LogP contribution is -2.28. The maximum Gasteiger partial charge on any atom is 0.264 e. The van der Waals surface area contributed by atoms with E-state index < -0.39 is 26.0 Å². The highest BCUT2D eigenvalue weighted by Crippen LogP contribution is 2.20. The quantitative estimate of drug-likeness (QED) is 0.496. The van der Waals surface area contributed by atoms with Gasteiger partial charge in [0.1, 0.15) is 0 Å². The average molecular weight is 490 g/mol. The minimum Gasteiger partial charge on any atom is -0.322 e. The van der Waals surface area contributed by atoms with Crippen molar-refractivity contribution < 1.29 is 21.6 Å². The molecule has 0 saturated carbocycles. The van der Waals surface area contributed by atoms with Gasteiger partial charge in [-0.2, -0.15) is 0 Å². The summed E-state index contributed by atoms with van der Waals surface area (Å²) in [7, 11) is -5.85. The highest BCUT2D eigenvalue weighted by atomic mass is 32.2. The first-order valence-electron chi connectivity index (χ1n) is 9.82. The molecule has 1 heterocycles. The third-order valence-corrected chi connectivity index (χ3v) is 7.84. The summed E-state index contributed by atoms with van der Waals surface area (Å²) in [6.45, 7) is 3.27. The van der Waals surface area contributed by atoms with Crippen molar-refractivity contribution in [3.63, 3.8) is 0 Å². The van der Waals surface area contributed by atoms with Gasteiger partial charge in [-0.15, -0.1) is 0 Å². The first-order valence-corrected chi connectivity index (χ1v) is 12.9. The van der Waals surface area contributed by atoms with Gasteiger partial charge in [-0.05, 0) is 68.4 Å². The molecule has 12 heteroatoms. The third-order valence-electron chi connectivity index (χ3n) is 4.72. The van der Waals surface area contributed by atoms with Crippen molar-refractivity contribution in [3.05, 3.63) is 72.1 Å². The molecular weight excluding hydrogens is 466 g/mol. The molecule has 0 fully saturated rings. The number of benzene rings is 2. The molecule has 0 atom stereocenters. The summed E-state index contributed by atoms with van der Waals surface area (Å²) in [5, 5.41) is 2.67. The Morgan fingerprint density at radius 2 is 1.61 bits per heavy atom. The first kappa shape index (κ1) is 24.1. The second-order valence-corrected chi connectivity index (χ2v) is 11.0. The van der Waals surface area contributed by atoms with Crippen LogP contribution >= 0.6 is 0 Å². The summed E-state index contributed by atoms with van der Waals surface area (Å²) < 4.78 is 52.4. The number of sulfonamides is 2. The van der Waals surface area contributed by atoms with Crippen LogP contribution in [0.1, 0.15) is 23.0 Å². The number of rotatable bonds is 8. The van der Waals surface area contributed by atoms with Crippen LogP contribution in [0.25, 0.3) is 0 Å². The molecule has 174 valence electrons. The first-order chi connectivity index (χ1) is 15.5. The van der Waals surface area contributed by atoms with Gasteiger partial charge in [-0.3, -0.25) is 9.10 Å². The standard InChI is InChI=1S/C21H23N5O5S2/c1-4-32(28,29)26(3)18-9-5-16(6-10-18)20(27)24-17-7-11-19(12-8-17)33(30,31)25-21-22-14-13-15(2)23-21/h5-14H,4H2,1-3H3,(H,24,27)(H,22,23,25). The molecule has 0 radical (unpaired) electrons. The SMILES string of the molecule is CCS(=O)(=O)N(C)c1ccc(C(=O)Nc2ccc(S(=O)(=O)Nc3nccc(C)n3)cc2)cc1. The molecule has 2 aromatic carbocycles. The van der Waals surface area contributed by atoms with Crippen LogP contribution < -0.4 is 14.3 Å². The highest BCUT2D eigenvalue weighted by molar-refractivity contribution is 7.93. The molecule has 0 aliphatic rings. The van der Waals surface area contributed by atoms with Crippen LogP contribution in [0.5, 0.6) is 0 Å². The van der Waals surface area contributed by atoms with Crippen molar-refractivity contribution in [2.24, 2.45) is 0 Å². The topological polar surface area (TPSA) is 138 Å². The fourth-order valence-corrected chi connectivity index (χ4v) is 4.56. The molecule has 0 saturated heterocycles. The van der Waals surface area contributed by atoms with Gasteiger partial charge >= 0.3 is 0 Å². The Morgan fingerprint density at radius 1 is 0.970 bits per heavy atom. The zero-order chi connectivity index (χ0) is 24.2. The Balaban J connectivity index is 1.69. The molecule has 0 aliphatic carbocycles. The summed E-state index contributed by atoms with van der Waals surface area (Å²) in [5.41, 5.74) is 1.76. The van der Waals surface area contributed by atoms with E-state index in [1.807, 2.05) is 0 Å². The second kappa shape index (κ2) is 9.55. The van der Waals surface area contributed by atoms with E-state index in [9.17, 15) is 21.6 Å². The van der Waals surface area contributed by atoms with Crippen LogP contribution in [0, 0.1) is 6.92 Å². The van der Waals surface area contributed by atoms with Gasteiger partial charge in [-0.1, -0.05) is 0 Å². The highest BCUT2D eigenvalue weighted by Gasteiger charge is 2.18. The summed E-state index contributed by atoms with van der Waals surface area (Å²) >= 11 is 0. The van der Waals surface area contributed by atoms with Crippen molar-refractivity contribution in [3.8, 4) is 0 Å². The molecule has 2 N–H and O–H groups in total. The van der Waals surface area contributed by atoms with Crippen LogP contribution in [-0.2, 0) is 20.0 Å². The Bertz CT molecular complexity index is 1360. The van der Waals surface area contributed by atoms with Crippen LogP contribution in [0.4, 0.5) is 17.3 Å². The van der Waals surface area contributed by atoms with Crippen LogP contribution in [0.15, 0.2) is 65.7 Å². The van der Waals surface area contributed by atoms with Crippen LogP contribution in [-0.4, -0.2) is 45.5 Å². The van der Waals surface area contributed by atoms with Crippen molar-refractivity contribution >= 4 is 43.3 Å². The fraction of sp³-hybridized carbons (Fsp3) is 0.190. The van der Waals surface area contributed by atoms with Gasteiger partial charge < -0.3 is 5.32 Å². The number of anilines is 3. The molecule has 10 nitrogen and oxygen atoms in total. The van der Waals surface area contributed by atoms with E-state index in [0.717, 1.165) is 4.31 Å². The lowest BCUT2D eigenvalue weighted by molar-refractivity contribution is 0.102. The number of amides is 1. The zero-order valence-electron chi connectivity index (χ0n) is 18.2. The normalized spacial score (nSPS) is 11.6. The monoisotopic (exact) mass is 489 g/mol. The number of nitrogens with one attached hydrogen (secondary N) is 2. The lowest BCUT2D eigenvalue weighted by Gasteiger charge is -2.18. The van der Waals surface area contributed by atoms with E-state index >= 15 is 0 Å². The van der Waals surface area contributed by atoms with E-state index in [0.29, 0.717) is 22.6 Å². The van der Waals surface area contributed by atoms with Gasteiger partial charge in [0.2, 0.25) is 16.0 Å². The van der Waals surface area contributed by atoms with Gasteiger partial charge in [0.05, 0.1) is 16.3 Å². The number of aromatic nitrogens is 2. The molecule has 0 aliphatic heterocycles. The van der Waals surface area contributed by atoms with Gasteiger partial charge in [0.25, 0.3) is 15.9 Å². The third kappa shape index (κ3) is 5.84. The predicted molar refractivity (Wildman–Crippen MR) is 126 cm³/mol. The van der Waals surface area contributed by atoms with E-state index in [1.54, 1.807) is 19.9 Å². The van der Waals surface area contributed by atoms with E-state index in [-0.39, 0.29) is 16.6 Å². The van der Waals surface area contributed by atoms with E-state index in [1.165, 1.54) is 61.8 Å². The maximum atomic E-state index is 12.5. The Kier molecular flexibility index (Phi) is 6.98. The molecule has 3 rings (SSSR count). The second-order valence-electron chi connectivity index (χ2n) is 7.02. The largest absolute Gasteiger partial charge is 0.322 e. The minimum atomic E-state index is -3.90. The number of carbonyl (C=O) groups excluding carboxylic acids is 1. The Morgan fingerprint density at radius 3 is 2.18 bits per heavy atom. The number of carbonyl (C=O) groups is 1. The van der Waals surface area contributed by atoms with E-state index in [4.69, 9.17) is 0 Å². The van der Waals surface area contributed by atoms with Gasteiger partial charge in [0, 0.05) is 30.2 Å². The molecule has 0 bridgehead atoms. The van der Waals surface area contributed by atoms with Crippen molar-refractivity contribution in [2.45, 2.75) is 18.7 Å². The smallest absolute Gasteiger partial charge is 0.264 e. The van der Waals surface area contributed by atoms with Gasteiger partial charge in [0.15, 0.2) is 0 Å². The molecule has 0 spiro atoms. The molecule has 1 amide bonds. The molecule has 1 aromatic heterocycles. The number of hydrogen-bond donors (Lipinski definition) is 2. The fourth-order valence-electron chi connectivity index (χ4n) is 2.77. The summed E-state index contributed by atoms with van der Waals surface area (Å²) in [6, 6.07) is 13.4. The number of aryl methyl sites for hydroxylation is 1. The summed E-state index contributed by atoms with van der Waals surface area (Å²) in [5.74, 6) is -0.497. The molecule has 0 unspecified atom stereocenters. The maximum absolute atomic E-state index is 12.5. The van der Waals surface area contributed by atoms with E-state index in [2.05, 4.69) is 20.0 Å². The van der Waals surface area contributed by atoms with Crippen molar-refractivity contribution in [2.75, 3.05) is 27.1 Å². The lowest BCUT2D eigenvalue weighted by atomic mass is 10.2. The zero-order valence-corrected chi connectivity index (χ0v) is 19.8. The number of hydrogen-bond acceptors (Lipinski definition) is 7. The molecular formula is C21H23N5O5S2. The minimum absolute atomic E-state index is 0.0184. The average Bonchev–Trinajstić information content (AvgIpc) is 2.78. The summed E-state index contributed by atoms with van der Waals surface area (Å²) in [6.07, 6.45) is 1.45.